The molecule has 2 aromatic rings. The van der Waals surface area contributed by atoms with E-state index in [1.54, 1.807) is 43.0 Å². The van der Waals surface area contributed by atoms with Crippen LogP contribution >= 0.6 is 0 Å². The van der Waals surface area contributed by atoms with Crippen molar-refractivity contribution in [3.63, 3.8) is 0 Å². The van der Waals surface area contributed by atoms with Crippen molar-refractivity contribution in [1.29, 1.82) is 0 Å². The number of amides is 3. The molecule has 41 heavy (non-hydrogen) atoms. The van der Waals surface area contributed by atoms with E-state index in [1.165, 1.54) is 18.9 Å². The lowest BCUT2D eigenvalue weighted by Gasteiger charge is -2.36. The second-order valence-corrected chi connectivity index (χ2v) is 9.27. The first-order valence-corrected chi connectivity index (χ1v) is 13.5. The van der Waals surface area contributed by atoms with Gasteiger partial charge < -0.3 is 34.5 Å². The number of methoxy groups -OCH3 is 1. The van der Waals surface area contributed by atoms with Crippen LogP contribution < -0.4 is 10.5 Å². The maximum Gasteiger partial charge on any atom is 0.409 e. The average Bonchev–Trinajstić information content (AvgIpc) is 2.97. The van der Waals surface area contributed by atoms with Crippen molar-refractivity contribution in [3.8, 4) is 5.75 Å². The smallest absolute Gasteiger partial charge is 0.409 e. The van der Waals surface area contributed by atoms with E-state index in [0.29, 0.717) is 10.9 Å². The number of ether oxygens (including phenoxy) is 4. The van der Waals surface area contributed by atoms with Crippen LogP contribution in [0.15, 0.2) is 24.3 Å². The number of esters is 2. The summed E-state index contributed by atoms with van der Waals surface area (Å²) >= 11 is 0. The molecule has 0 aliphatic carbocycles. The highest BCUT2D eigenvalue weighted by Crippen LogP contribution is 2.37. The Morgan fingerprint density at radius 3 is 2.22 bits per heavy atom. The molecule has 3 amide bonds. The van der Waals surface area contributed by atoms with Gasteiger partial charge in [0.15, 0.2) is 6.10 Å². The summed E-state index contributed by atoms with van der Waals surface area (Å²) in [7, 11) is 1.24. The highest BCUT2D eigenvalue weighted by Gasteiger charge is 2.36. The molecule has 1 fully saturated rings. The lowest BCUT2D eigenvalue weighted by molar-refractivity contribution is -0.150. The summed E-state index contributed by atoms with van der Waals surface area (Å²) in [5.74, 6) is -3.64. The van der Waals surface area contributed by atoms with Crippen molar-refractivity contribution in [2.45, 2.75) is 45.6 Å². The molecular formula is C28H36N4O9. The van der Waals surface area contributed by atoms with Crippen molar-refractivity contribution < 1.29 is 42.9 Å². The molecule has 0 radical (unpaired) electrons. The molecule has 2 heterocycles. The van der Waals surface area contributed by atoms with Gasteiger partial charge in [-0.05, 0) is 39.3 Å². The number of nitrogens with zero attached hydrogens (tertiary/aromatic N) is 3. The number of primary amides is 1. The number of piperazine rings is 1. The van der Waals surface area contributed by atoms with Gasteiger partial charge in [0.1, 0.15) is 11.3 Å². The quantitative estimate of drug-likeness (QED) is 0.311. The van der Waals surface area contributed by atoms with Gasteiger partial charge in [-0.3, -0.25) is 19.4 Å². The van der Waals surface area contributed by atoms with E-state index < -0.39 is 41.9 Å². The van der Waals surface area contributed by atoms with E-state index in [1.807, 2.05) is 0 Å². The molecule has 222 valence electrons. The molecule has 3 rings (SSSR count). The molecular weight excluding hydrogens is 536 g/mol. The maximum atomic E-state index is 14.0. The molecule has 1 aromatic heterocycles. The number of hydrogen-bond acceptors (Lipinski definition) is 10. The zero-order valence-electron chi connectivity index (χ0n) is 23.7. The number of carbonyl (C=O) groups is 5. The van der Waals surface area contributed by atoms with Gasteiger partial charge in [0.25, 0.3) is 5.91 Å². The first-order chi connectivity index (χ1) is 19.6. The van der Waals surface area contributed by atoms with Crippen molar-refractivity contribution in [2.75, 3.05) is 46.5 Å². The largest absolute Gasteiger partial charge is 0.477 e. The first kappa shape index (κ1) is 31.1. The molecule has 2 atom stereocenters. The van der Waals surface area contributed by atoms with E-state index in [2.05, 4.69) is 4.98 Å². The molecule has 2 unspecified atom stereocenters. The topological polar surface area (TPSA) is 168 Å². The van der Waals surface area contributed by atoms with Crippen LogP contribution in [0.25, 0.3) is 10.9 Å². The SMILES string of the molecule is CCOC(=O)C(C)Oc1c(C(N)=O)c(C(CCC(=O)OC)C(=O)N2CCN(C(=O)OCC)CC2)nc2ccccc12. The Labute approximate surface area is 237 Å². The molecule has 2 N–H and O–H groups in total. The van der Waals surface area contributed by atoms with Crippen LogP contribution in [0.2, 0.25) is 0 Å². The van der Waals surface area contributed by atoms with Gasteiger partial charge in [-0.15, -0.1) is 0 Å². The van der Waals surface area contributed by atoms with E-state index >= 15 is 0 Å². The Hall–Kier alpha value is -4.42. The standard InChI is InChI=1S/C28H36N4O9/c1-5-39-27(36)17(3)41-24-18-9-7-8-10-20(18)30-23(22(24)25(29)34)19(11-12-21(33)38-4)26(35)31-13-15-32(16-14-31)28(37)40-6-2/h7-10,17,19H,5-6,11-16H2,1-4H3,(H2,29,34). The van der Waals surface area contributed by atoms with Crippen LogP contribution in [0.1, 0.15) is 55.6 Å². The molecule has 1 aromatic carbocycles. The summed E-state index contributed by atoms with van der Waals surface area (Å²) in [6, 6.07) is 6.76. The normalized spacial score (nSPS) is 14.6. The molecule has 1 saturated heterocycles. The molecule has 13 nitrogen and oxygen atoms in total. The average molecular weight is 573 g/mol. The third-order valence-corrected chi connectivity index (χ3v) is 6.64. The fraction of sp³-hybridized carbons (Fsp3) is 0.500. The minimum absolute atomic E-state index is 0.0124. The van der Waals surface area contributed by atoms with E-state index in [-0.39, 0.29) is 69.2 Å². The second-order valence-electron chi connectivity index (χ2n) is 9.27. The van der Waals surface area contributed by atoms with Crippen molar-refractivity contribution in [3.05, 3.63) is 35.5 Å². The number of aromatic nitrogens is 1. The van der Waals surface area contributed by atoms with Crippen molar-refractivity contribution in [1.82, 2.24) is 14.8 Å². The van der Waals surface area contributed by atoms with E-state index in [0.717, 1.165) is 0 Å². The zero-order chi connectivity index (χ0) is 30.1. The molecule has 0 spiro atoms. The first-order valence-electron chi connectivity index (χ1n) is 13.5. The van der Waals surface area contributed by atoms with Crippen LogP contribution in [-0.2, 0) is 28.6 Å². The van der Waals surface area contributed by atoms with Gasteiger partial charge in [0.2, 0.25) is 5.91 Å². The molecule has 0 saturated carbocycles. The second kappa shape index (κ2) is 14.3. The third kappa shape index (κ3) is 7.41. The van der Waals surface area contributed by atoms with Crippen LogP contribution in [0.4, 0.5) is 4.79 Å². The van der Waals surface area contributed by atoms with E-state index in [9.17, 15) is 24.0 Å². The fourth-order valence-corrected chi connectivity index (χ4v) is 4.58. The lowest BCUT2D eigenvalue weighted by atomic mass is 9.91. The van der Waals surface area contributed by atoms with Crippen LogP contribution in [0.5, 0.6) is 5.75 Å². The number of hydrogen-bond donors (Lipinski definition) is 1. The summed E-state index contributed by atoms with van der Waals surface area (Å²) in [6.45, 7) is 6.10. The van der Waals surface area contributed by atoms with Crippen LogP contribution in [0.3, 0.4) is 0 Å². The minimum atomic E-state index is -1.10. The number of nitrogens with two attached hydrogens (primary N) is 1. The minimum Gasteiger partial charge on any atom is -0.477 e. The van der Waals surface area contributed by atoms with Crippen molar-refractivity contribution in [2.24, 2.45) is 5.73 Å². The molecule has 1 aliphatic heterocycles. The predicted molar refractivity (Wildman–Crippen MR) is 146 cm³/mol. The zero-order valence-corrected chi connectivity index (χ0v) is 23.7. The summed E-state index contributed by atoms with van der Waals surface area (Å²) < 4.78 is 20.9. The summed E-state index contributed by atoms with van der Waals surface area (Å²) in [4.78, 5) is 71.3. The van der Waals surface area contributed by atoms with Gasteiger partial charge in [-0.2, -0.15) is 0 Å². The maximum absolute atomic E-state index is 14.0. The Morgan fingerprint density at radius 2 is 1.61 bits per heavy atom. The summed E-state index contributed by atoms with van der Waals surface area (Å²) in [5, 5.41) is 0.406. The van der Waals surface area contributed by atoms with Crippen LogP contribution in [-0.4, -0.2) is 97.2 Å². The summed E-state index contributed by atoms with van der Waals surface area (Å²) in [5.41, 5.74) is 6.08. The van der Waals surface area contributed by atoms with Crippen LogP contribution in [0, 0.1) is 0 Å². The Balaban J connectivity index is 2.09. The number of benzene rings is 1. The Bertz CT molecular complexity index is 1290. The van der Waals surface area contributed by atoms with Gasteiger partial charge in [0, 0.05) is 38.0 Å². The molecule has 1 aliphatic rings. The van der Waals surface area contributed by atoms with Gasteiger partial charge >= 0.3 is 18.0 Å². The Kier molecular flexibility index (Phi) is 10.8. The lowest BCUT2D eigenvalue weighted by Crippen LogP contribution is -2.52. The number of fused-ring (bicyclic) bond motifs is 1. The Morgan fingerprint density at radius 1 is 0.976 bits per heavy atom. The number of carbonyl (C=O) groups excluding carboxylic acids is 5. The number of pyridine rings is 1. The summed E-state index contributed by atoms with van der Waals surface area (Å²) in [6.07, 6.45) is -1.75. The fourth-order valence-electron chi connectivity index (χ4n) is 4.58. The highest BCUT2D eigenvalue weighted by molar-refractivity contribution is 6.04. The van der Waals surface area contributed by atoms with Gasteiger partial charge in [-0.1, -0.05) is 12.1 Å². The number of para-hydroxylation sites is 1. The molecule has 0 bridgehead atoms. The van der Waals surface area contributed by atoms with Gasteiger partial charge in [0.05, 0.1) is 37.5 Å². The highest BCUT2D eigenvalue weighted by atomic mass is 16.6. The van der Waals surface area contributed by atoms with E-state index in [4.69, 9.17) is 24.7 Å². The molecule has 13 heteroatoms. The predicted octanol–water partition coefficient (Wildman–Crippen LogP) is 2.00. The monoisotopic (exact) mass is 572 g/mol. The van der Waals surface area contributed by atoms with Gasteiger partial charge in [-0.25, -0.2) is 9.59 Å². The third-order valence-electron chi connectivity index (χ3n) is 6.64. The number of rotatable bonds is 11. The van der Waals surface area contributed by atoms with Crippen molar-refractivity contribution >= 4 is 40.7 Å².